The zero-order valence-electron chi connectivity index (χ0n) is 12.0. The van der Waals surface area contributed by atoms with Crippen molar-refractivity contribution in [3.05, 3.63) is 26.7 Å². The molecule has 0 atom stereocenters. The normalized spacial score (nSPS) is 11.3. The van der Waals surface area contributed by atoms with Crippen LogP contribution in [0.2, 0.25) is 0 Å². The average molecular weight is 279 g/mol. The number of unbranched alkanes of at least 4 members (excludes halogenated alkanes) is 1. The molecule has 0 spiro atoms. The van der Waals surface area contributed by atoms with Gasteiger partial charge in [0.15, 0.2) is 11.2 Å². The van der Waals surface area contributed by atoms with Crippen molar-refractivity contribution < 1.29 is 0 Å². The molecule has 2 aromatic heterocycles. The molecule has 2 aromatic rings. The monoisotopic (exact) mass is 279 g/mol. The van der Waals surface area contributed by atoms with Crippen molar-refractivity contribution in [3.63, 3.8) is 0 Å². The van der Waals surface area contributed by atoms with Gasteiger partial charge < -0.3 is 10.3 Å². The summed E-state index contributed by atoms with van der Waals surface area (Å²) in [5.74, 6) is 0.756. The summed E-state index contributed by atoms with van der Waals surface area (Å²) < 4.78 is 3.38. The van der Waals surface area contributed by atoms with E-state index >= 15 is 0 Å². The fraction of sp³-hybridized carbons (Fsp3) is 0.615. The molecule has 0 unspecified atom stereocenters. The van der Waals surface area contributed by atoms with Crippen LogP contribution in [-0.4, -0.2) is 25.6 Å². The van der Waals surface area contributed by atoms with Crippen LogP contribution in [0.5, 0.6) is 0 Å². The zero-order chi connectivity index (χ0) is 14.7. The second-order valence-electron chi connectivity index (χ2n) is 4.75. The van der Waals surface area contributed by atoms with Crippen LogP contribution >= 0.6 is 0 Å². The van der Waals surface area contributed by atoms with Gasteiger partial charge in [-0.25, -0.2) is 9.78 Å². The first-order valence-electron chi connectivity index (χ1n) is 7.06. The number of H-pyrrole nitrogens is 1. The van der Waals surface area contributed by atoms with Gasteiger partial charge in [-0.2, -0.15) is 0 Å². The molecule has 0 aliphatic rings. The molecule has 2 rings (SSSR count). The molecule has 3 N–H and O–H groups in total. The number of nitrogens with zero attached hydrogens (tertiary/aromatic N) is 3. The van der Waals surface area contributed by atoms with Gasteiger partial charge in [0.25, 0.3) is 5.56 Å². The summed E-state index contributed by atoms with van der Waals surface area (Å²) >= 11 is 0. The SMILES string of the molecule is CCCCn1c(=O)[nH]c(=O)c2c1nc(CCN)n2CC. The van der Waals surface area contributed by atoms with Gasteiger partial charge in [0.1, 0.15) is 5.82 Å². The highest BCUT2D eigenvalue weighted by Crippen LogP contribution is 2.12. The van der Waals surface area contributed by atoms with Gasteiger partial charge in [-0.1, -0.05) is 13.3 Å². The molecular formula is C13H21N5O2. The van der Waals surface area contributed by atoms with Crippen molar-refractivity contribution >= 4 is 11.2 Å². The van der Waals surface area contributed by atoms with E-state index in [0.29, 0.717) is 37.2 Å². The Hall–Kier alpha value is -1.89. The van der Waals surface area contributed by atoms with Crippen molar-refractivity contribution in [2.24, 2.45) is 5.73 Å². The van der Waals surface area contributed by atoms with Crippen LogP contribution in [-0.2, 0) is 19.5 Å². The van der Waals surface area contributed by atoms with Crippen LogP contribution < -0.4 is 17.0 Å². The van der Waals surface area contributed by atoms with Crippen LogP contribution in [0.1, 0.15) is 32.5 Å². The van der Waals surface area contributed by atoms with Gasteiger partial charge in [0.2, 0.25) is 0 Å². The van der Waals surface area contributed by atoms with Crippen LogP contribution in [0, 0.1) is 0 Å². The summed E-state index contributed by atoms with van der Waals surface area (Å²) in [5.41, 5.74) is 5.75. The number of fused-ring (bicyclic) bond motifs is 1. The largest absolute Gasteiger partial charge is 0.330 e. The van der Waals surface area contributed by atoms with E-state index in [-0.39, 0.29) is 5.56 Å². The molecule has 2 heterocycles. The highest BCUT2D eigenvalue weighted by molar-refractivity contribution is 5.71. The Morgan fingerprint density at radius 1 is 1.25 bits per heavy atom. The summed E-state index contributed by atoms with van der Waals surface area (Å²) in [7, 11) is 0. The first-order chi connectivity index (χ1) is 9.63. The molecule has 0 aliphatic heterocycles. The number of aromatic nitrogens is 4. The predicted octanol–water partition coefficient (Wildman–Crippen LogP) is 0.208. The second-order valence-corrected chi connectivity index (χ2v) is 4.75. The topological polar surface area (TPSA) is 98.7 Å². The van der Waals surface area contributed by atoms with Crippen molar-refractivity contribution in [3.8, 4) is 0 Å². The number of aryl methyl sites for hydroxylation is 2. The van der Waals surface area contributed by atoms with E-state index in [1.165, 1.54) is 0 Å². The number of nitrogens with one attached hydrogen (secondary N) is 1. The minimum atomic E-state index is -0.393. The van der Waals surface area contributed by atoms with E-state index in [2.05, 4.69) is 16.9 Å². The second kappa shape index (κ2) is 6.04. The molecule has 0 saturated heterocycles. The third-order valence-electron chi connectivity index (χ3n) is 3.38. The molecule has 0 aromatic carbocycles. The maximum atomic E-state index is 12.1. The molecule has 7 nitrogen and oxygen atoms in total. The highest BCUT2D eigenvalue weighted by Gasteiger charge is 2.16. The quantitative estimate of drug-likeness (QED) is 0.789. The van der Waals surface area contributed by atoms with E-state index in [9.17, 15) is 9.59 Å². The fourth-order valence-corrected chi connectivity index (χ4v) is 2.40. The summed E-state index contributed by atoms with van der Waals surface area (Å²) in [4.78, 5) is 30.9. The van der Waals surface area contributed by atoms with E-state index in [1.54, 1.807) is 4.57 Å². The Morgan fingerprint density at radius 3 is 2.60 bits per heavy atom. The van der Waals surface area contributed by atoms with Gasteiger partial charge in [-0.15, -0.1) is 0 Å². The number of hydrogen-bond donors (Lipinski definition) is 2. The third-order valence-corrected chi connectivity index (χ3v) is 3.38. The molecule has 20 heavy (non-hydrogen) atoms. The minimum absolute atomic E-state index is 0.379. The zero-order valence-corrected chi connectivity index (χ0v) is 12.0. The molecule has 0 fully saturated rings. The van der Waals surface area contributed by atoms with E-state index < -0.39 is 5.69 Å². The molecular weight excluding hydrogens is 258 g/mol. The lowest BCUT2D eigenvalue weighted by Gasteiger charge is -2.06. The summed E-state index contributed by atoms with van der Waals surface area (Å²) in [5, 5.41) is 0. The van der Waals surface area contributed by atoms with Crippen LogP contribution in [0.4, 0.5) is 0 Å². The lowest BCUT2D eigenvalue weighted by atomic mass is 10.3. The van der Waals surface area contributed by atoms with Crippen molar-refractivity contribution in [1.29, 1.82) is 0 Å². The Kier molecular flexibility index (Phi) is 4.39. The Balaban J connectivity index is 2.74. The Morgan fingerprint density at radius 2 is 2.00 bits per heavy atom. The number of rotatable bonds is 6. The van der Waals surface area contributed by atoms with Gasteiger partial charge in [0.05, 0.1) is 0 Å². The Bertz CT molecular complexity index is 710. The van der Waals surface area contributed by atoms with Crippen LogP contribution in [0.15, 0.2) is 9.59 Å². The van der Waals surface area contributed by atoms with Gasteiger partial charge in [-0.05, 0) is 19.9 Å². The first kappa shape index (κ1) is 14.5. The van der Waals surface area contributed by atoms with Crippen LogP contribution in [0.3, 0.4) is 0 Å². The minimum Gasteiger partial charge on any atom is -0.330 e. The lowest BCUT2D eigenvalue weighted by molar-refractivity contribution is 0.613. The van der Waals surface area contributed by atoms with Crippen molar-refractivity contribution in [1.82, 2.24) is 19.1 Å². The maximum Gasteiger partial charge on any atom is 0.330 e. The predicted molar refractivity (Wildman–Crippen MR) is 78.0 cm³/mol. The van der Waals surface area contributed by atoms with E-state index in [1.807, 2.05) is 11.5 Å². The first-order valence-corrected chi connectivity index (χ1v) is 7.06. The van der Waals surface area contributed by atoms with E-state index in [0.717, 1.165) is 18.7 Å². The van der Waals surface area contributed by atoms with Crippen molar-refractivity contribution in [2.75, 3.05) is 6.54 Å². The molecule has 0 saturated carbocycles. The molecule has 110 valence electrons. The fourth-order valence-electron chi connectivity index (χ4n) is 2.40. The summed E-state index contributed by atoms with van der Waals surface area (Å²) in [6.07, 6.45) is 2.42. The lowest BCUT2D eigenvalue weighted by Crippen LogP contribution is -2.31. The molecule has 0 radical (unpaired) electrons. The van der Waals surface area contributed by atoms with Gasteiger partial charge >= 0.3 is 5.69 Å². The molecule has 7 heteroatoms. The standard InChI is InChI=1S/C13H21N5O2/c1-3-5-8-18-11-10(12(19)16-13(18)20)17(4-2)9(15-11)6-7-14/h3-8,14H2,1-2H3,(H,16,19,20). The number of nitrogens with two attached hydrogens (primary N) is 1. The maximum absolute atomic E-state index is 12.1. The average Bonchev–Trinajstić information content (AvgIpc) is 2.77. The van der Waals surface area contributed by atoms with Crippen molar-refractivity contribution in [2.45, 2.75) is 46.2 Å². The Labute approximate surface area is 116 Å². The summed E-state index contributed by atoms with van der Waals surface area (Å²) in [6, 6.07) is 0. The molecule has 0 amide bonds. The number of aromatic amines is 1. The molecule has 0 bridgehead atoms. The van der Waals surface area contributed by atoms with Gasteiger partial charge in [-0.3, -0.25) is 14.3 Å². The smallest absolute Gasteiger partial charge is 0.330 e. The third kappa shape index (κ3) is 2.40. The number of hydrogen-bond acceptors (Lipinski definition) is 4. The highest BCUT2D eigenvalue weighted by atomic mass is 16.2. The van der Waals surface area contributed by atoms with Gasteiger partial charge in [0, 0.05) is 19.5 Å². The summed E-state index contributed by atoms with van der Waals surface area (Å²) in [6.45, 7) is 5.65. The molecule has 0 aliphatic carbocycles. The van der Waals surface area contributed by atoms with E-state index in [4.69, 9.17) is 5.73 Å². The van der Waals surface area contributed by atoms with Crippen LogP contribution in [0.25, 0.3) is 11.2 Å². The number of imidazole rings is 1.